The largest absolute Gasteiger partial charge is 0.496 e. The second-order valence-corrected chi connectivity index (χ2v) is 11.7. The topological polar surface area (TPSA) is 182 Å². The average Bonchev–Trinajstić information content (AvgIpc) is 3.25. The van der Waals surface area contributed by atoms with Crippen LogP contribution < -0.4 is 57.4 Å². The Morgan fingerprint density at radius 1 is 0.362 bits per heavy atom. The molecule has 0 aliphatic carbocycles. The van der Waals surface area contributed by atoms with E-state index in [9.17, 15) is 19.2 Å². The van der Waals surface area contributed by atoms with Crippen molar-refractivity contribution in [2.24, 2.45) is 0 Å². The van der Waals surface area contributed by atoms with Crippen LogP contribution in [0.4, 0.5) is 5.69 Å². The van der Waals surface area contributed by atoms with Gasteiger partial charge in [0.05, 0.1) is 62.4 Å². The standard InChI is InChI=1S/C42H39NO15/c1-48-31-21-37(54-7)35(52-5)19-27(31)41(46)57-29-15-9-23(17-33(29)50-3)39(44)43-25-11-13-26(14-12-25)56-40(45)24-10-16-30(34(18-24)51-4)58-42(47)28-20-36(53-6)38(55-8)22-32(28)49-2/h9-22H,1-8H3,(H,43,44). The van der Waals surface area contributed by atoms with E-state index in [1.807, 2.05) is 0 Å². The summed E-state index contributed by atoms with van der Waals surface area (Å²) >= 11 is 0. The van der Waals surface area contributed by atoms with Gasteiger partial charge in [0.2, 0.25) is 0 Å². The lowest BCUT2D eigenvalue weighted by Crippen LogP contribution is -2.14. The highest BCUT2D eigenvalue weighted by Crippen LogP contribution is 2.38. The van der Waals surface area contributed by atoms with E-state index < -0.39 is 23.8 Å². The molecule has 0 fully saturated rings. The first-order chi connectivity index (χ1) is 28.0. The van der Waals surface area contributed by atoms with E-state index in [4.69, 9.17) is 52.1 Å². The Hall–Kier alpha value is -7.62. The maximum atomic E-state index is 13.2. The normalized spacial score (nSPS) is 10.3. The van der Waals surface area contributed by atoms with Gasteiger partial charge in [-0.05, 0) is 60.7 Å². The van der Waals surface area contributed by atoms with Crippen LogP contribution in [-0.4, -0.2) is 80.7 Å². The highest BCUT2D eigenvalue weighted by atomic mass is 16.6. The Labute approximate surface area is 332 Å². The van der Waals surface area contributed by atoms with E-state index in [0.717, 1.165) is 0 Å². The molecule has 0 aliphatic rings. The number of esters is 3. The summed E-state index contributed by atoms with van der Waals surface area (Å²) < 4.78 is 59.3. The van der Waals surface area contributed by atoms with Crippen molar-refractivity contribution < 1.29 is 71.3 Å². The van der Waals surface area contributed by atoms with Gasteiger partial charge in [0.1, 0.15) is 28.4 Å². The number of carbonyl (C=O) groups is 4. The van der Waals surface area contributed by atoms with Gasteiger partial charge in [0.25, 0.3) is 5.91 Å². The molecule has 0 saturated carbocycles. The second kappa shape index (κ2) is 18.8. The molecule has 0 atom stereocenters. The Bertz CT molecular complexity index is 2160. The van der Waals surface area contributed by atoms with Crippen molar-refractivity contribution in [2.75, 3.05) is 62.2 Å². The molecule has 58 heavy (non-hydrogen) atoms. The molecule has 16 nitrogen and oxygen atoms in total. The van der Waals surface area contributed by atoms with Crippen LogP contribution >= 0.6 is 0 Å². The molecule has 0 aliphatic heterocycles. The first-order valence-corrected chi connectivity index (χ1v) is 17.0. The van der Waals surface area contributed by atoms with Crippen LogP contribution in [0.3, 0.4) is 0 Å². The Morgan fingerprint density at radius 2 is 0.741 bits per heavy atom. The summed E-state index contributed by atoms with van der Waals surface area (Å²) in [6.45, 7) is 0. The summed E-state index contributed by atoms with van der Waals surface area (Å²) in [4.78, 5) is 52.5. The van der Waals surface area contributed by atoms with Gasteiger partial charge >= 0.3 is 17.9 Å². The van der Waals surface area contributed by atoms with Crippen LogP contribution in [0.15, 0.2) is 84.9 Å². The second-order valence-electron chi connectivity index (χ2n) is 11.7. The van der Waals surface area contributed by atoms with Crippen LogP contribution in [0, 0.1) is 0 Å². The molecule has 5 rings (SSSR count). The van der Waals surface area contributed by atoms with E-state index in [2.05, 4.69) is 5.32 Å². The fourth-order valence-corrected chi connectivity index (χ4v) is 5.43. The van der Waals surface area contributed by atoms with E-state index in [1.54, 1.807) is 0 Å². The van der Waals surface area contributed by atoms with Crippen molar-refractivity contribution in [1.82, 2.24) is 0 Å². The Kier molecular flexibility index (Phi) is 13.5. The molecule has 1 N–H and O–H groups in total. The highest BCUT2D eigenvalue weighted by Gasteiger charge is 2.24. The van der Waals surface area contributed by atoms with Crippen LogP contribution in [-0.2, 0) is 0 Å². The number of nitrogens with one attached hydrogen (secondary N) is 1. The summed E-state index contributed by atoms with van der Waals surface area (Å²) in [5, 5.41) is 2.75. The third-order valence-corrected chi connectivity index (χ3v) is 8.40. The van der Waals surface area contributed by atoms with Crippen molar-refractivity contribution in [3.8, 4) is 63.2 Å². The Balaban J connectivity index is 1.22. The number of hydrogen-bond donors (Lipinski definition) is 1. The first-order valence-electron chi connectivity index (χ1n) is 17.0. The van der Waals surface area contributed by atoms with Gasteiger partial charge in [0, 0.05) is 35.5 Å². The molecule has 16 heteroatoms. The number of ether oxygens (including phenoxy) is 11. The van der Waals surface area contributed by atoms with Crippen LogP contribution in [0.1, 0.15) is 41.4 Å². The third kappa shape index (κ3) is 9.25. The van der Waals surface area contributed by atoms with Crippen molar-refractivity contribution in [2.45, 2.75) is 0 Å². The molecule has 302 valence electrons. The molecule has 5 aromatic carbocycles. The predicted octanol–water partition coefficient (Wildman–Crippen LogP) is 6.67. The number of rotatable bonds is 16. The van der Waals surface area contributed by atoms with Crippen molar-refractivity contribution in [3.05, 3.63) is 107 Å². The van der Waals surface area contributed by atoms with Gasteiger partial charge in [-0.25, -0.2) is 14.4 Å². The molecular weight excluding hydrogens is 758 g/mol. The van der Waals surface area contributed by atoms with Gasteiger partial charge in [0.15, 0.2) is 46.0 Å². The molecule has 0 unspecified atom stereocenters. The Morgan fingerprint density at radius 3 is 1.17 bits per heavy atom. The maximum absolute atomic E-state index is 13.2. The van der Waals surface area contributed by atoms with E-state index in [-0.39, 0.29) is 62.5 Å². The molecule has 0 bridgehead atoms. The van der Waals surface area contributed by atoms with E-state index in [0.29, 0.717) is 28.7 Å². The zero-order chi connectivity index (χ0) is 41.9. The average molecular weight is 798 g/mol. The van der Waals surface area contributed by atoms with Gasteiger partial charge in [-0.2, -0.15) is 0 Å². The first kappa shape index (κ1) is 41.5. The van der Waals surface area contributed by atoms with Crippen LogP contribution in [0.5, 0.6) is 63.2 Å². The SMILES string of the molecule is COc1cc(OC)c(C(=O)Oc2ccc(C(=O)Nc3ccc(OC(=O)c4ccc(OC(=O)c5cc(OC)c(OC)cc5OC)c(OC)c4)cc3)cc2OC)cc1OC. The molecule has 0 heterocycles. The summed E-state index contributed by atoms with van der Waals surface area (Å²) in [7, 11) is 11.3. The van der Waals surface area contributed by atoms with Crippen LogP contribution in [0.25, 0.3) is 0 Å². The summed E-state index contributed by atoms with van der Waals surface area (Å²) in [5.74, 6) is -0.614. The zero-order valence-electron chi connectivity index (χ0n) is 32.7. The van der Waals surface area contributed by atoms with Gasteiger partial charge in [-0.1, -0.05) is 0 Å². The molecule has 0 saturated heterocycles. The number of amides is 1. The smallest absolute Gasteiger partial charge is 0.347 e. The minimum Gasteiger partial charge on any atom is -0.496 e. The monoisotopic (exact) mass is 797 g/mol. The van der Waals surface area contributed by atoms with Crippen molar-refractivity contribution >= 4 is 29.5 Å². The molecule has 0 aromatic heterocycles. The van der Waals surface area contributed by atoms with Gasteiger partial charge in [-0.15, -0.1) is 0 Å². The molecular formula is C42H39NO15. The summed E-state index contributed by atoms with van der Waals surface area (Å²) in [6, 6.07) is 20.3. The van der Waals surface area contributed by atoms with Crippen LogP contribution in [0.2, 0.25) is 0 Å². The minimum absolute atomic E-state index is 0.0320. The molecule has 5 aromatic rings. The number of benzene rings is 5. The number of carbonyl (C=O) groups excluding carboxylic acids is 4. The number of anilines is 1. The number of hydrogen-bond acceptors (Lipinski definition) is 15. The summed E-state index contributed by atoms with van der Waals surface area (Å²) in [5.41, 5.74) is 0.822. The molecule has 1 amide bonds. The lowest BCUT2D eigenvalue weighted by Gasteiger charge is -2.15. The molecule has 0 radical (unpaired) electrons. The van der Waals surface area contributed by atoms with Crippen molar-refractivity contribution in [1.29, 1.82) is 0 Å². The van der Waals surface area contributed by atoms with E-state index in [1.165, 1.54) is 142 Å². The lowest BCUT2D eigenvalue weighted by atomic mass is 10.1. The van der Waals surface area contributed by atoms with Gasteiger partial charge < -0.3 is 57.4 Å². The lowest BCUT2D eigenvalue weighted by molar-refractivity contribution is 0.0714. The van der Waals surface area contributed by atoms with Gasteiger partial charge in [-0.3, -0.25) is 4.79 Å². The quantitative estimate of drug-likeness (QED) is 0.0825. The van der Waals surface area contributed by atoms with Crippen molar-refractivity contribution in [3.63, 3.8) is 0 Å². The fourth-order valence-electron chi connectivity index (χ4n) is 5.43. The summed E-state index contributed by atoms with van der Waals surface area (Å²) in [6.07, 6.45) is 0. The van der Waals surface area contributed by atoms with E-state index >= 15 is 0 Å². The maximum Gasteiger partial charge on any atom is 0.347 e. The predicted molar refractivity (Wildman–Crippen MR) is 207 cm³/mol. The molecule has 0 spiro atoms. The zero-order valence-corrected chi connectivity index (χ0v) is 32.7. The highest BCUT2D eigenvalue weighted by molar-refractivity contribution is 6.05. The third-order valence-electron chi connectivity index (χ3n) is 8.40. The fraction of sp³-hybridized carbons (Fsp3) is 0.190. The number of methoxy groups -OCH3 is 8. The minimum atomic E-state index is -0.774.